The van der Waals surface area contributed by atoms with Crippen LogP contribution in [0.5, 0.6) is 0 Å². The van der Waals surface area contributed by atoms with E-state index >= 15 is 0 Å². The van der Waals surface area contributed by atoms with Crippen molar-refractivity contribution in [3.05, 3.63) is 28.3 Å². The van der Waals surface area contributed by atoms with Crippen LogP contribution < -0.4 is 5.73 Å². The zero-order valence-corrected chi connectivity index (χ0v) is 8.89. The van der Waals surface area contributed by atoms with Gasteiger partial charge in [0.25, 0.3) is 0 Å². The highest BCUT2D eigenvalue weighted by Gasteiger charge is 2.15. The number of esters is 1. The van der Waals surface area contributed by atoms with Crippen LogP contribution in [-0.2, 0) is 11.2 Å². The summed E-state index contributed by atoms with van der Waals surface area (Å²) >= 11 is 5.82. The van der Waals surface area contributed by atoms with Crippen molar-refractivity contribution in [3.63, 3.8) is 0 Å². The molecule has 0 aliphatic carbocycles. The van der Waals surface area contributed by atoms with Crippen molar-refractivity contribution in [2.75, 3.05) is 12.8 Å². The van der Waals surface area contributed by atoms with Gasteiger partial charge < -0.3 is 10.5 Å². The van der Waals surface area contributed by atoms with E-state index in [1.165, 1.54) is 7.11 Å². The van der Waals surface area contributed by atoms with Gasteiger partial charge in [-0.05, 0) is 24.1 Å². The van der Waals surface area contributed by atoms with Crippen LogP contribution in [0, 0.1) is 0 Å². The predicted octanol–water partition coefficient (Wildman–Crippen LogP) is 2.27. The first-order valence-electron chi connectivity index (χ1n) is 4.26. The maximum absolute atomic E-state index is 11.4. The topological polar surface area (TPSA) is 52.3 Å². The first-order valence-corrected chi connectivity index (χ1v) is 4.64. The lowest BCUT2D eigenvalue weighted by molar-refractivity contribution is 0.0601. The molecule has 1 aromatic rings. The Kier molecular flexibility index (Phi) is 3.36. The van der Waals surface area contributed by atoms with E-state index in [9.17, 15) is 4.79 Å². The van der Waals surface area contributed by atoms with Crippen molar-refractivity contribution in [1.82, 2.24) is 0 Å². The number of carbonyl (C=O) groups excluding carboxylic acids is 1. The molecule has 4 heteroatoms. The van der Waals surface area contributed by atoms with Crippen LogP contribution in [0.1, 0.15) is 22.8 Å². The summed E-state index contributed by atoms with van der Waals surface area (Å²) in [5, 5.41) is 0.534. The van der Waals surface area contributed by atoms with Gasteiger partial charge in [0.1, 0.15) is 0 Å². The number of nitrogen functional groups attached to an aromatic ring is 1. The lowest BCUT2D eigenvalue weighted by Gasteiger charge is -2.09. The number of nitrogens with two attached hydrogens (primary N) is 1. The van der Waals surface area contributed by atoms with Gasteiger partial charge in [0.15, 0.2) is 0 Å². The number of aryl methyl sites for hydroxylation is 1. The Balaban J connectivity index is 3.32. The summed E-state index contributed by atoms with van der Waals surface area (Å²) in [6.07, 6.45) is 0.690. The number of carbonyl (C=O) groups is 1. The van der Waals surface area contributed by atoms with E-state index in [0.29, 0.717) is 22.7 Å². The lowest BCUT2D eigenvalue weighted by Crippen LogP contribution is -2.09. The lowest BCUT2D eigenvalue weighted by atomic mass is 10.0. The molecule has 1 aromatic carbocycles. The number of benzene rings is 1. The van der Waals surface area contributed by atoms with Crippen LogP contribution in [0.15, 0.2) is 12.1 Å². The number of methoxy groups -OCH3 is 1. The molecule has 0 bridgehead atoms. The second-order valence-corrected chi connectivity index (χ2v) is 3.31. The summed E-state index contributed by atoms with van der Waals surface area (Å²) in [6, 6.07) is 3.27. The van der Waals surface area contributed by atoms with Crippen LogP contribution in [0.25, 0.3) is 0 Å². The van der Waals surface area contributed by atoms with E-state index in [4.69, 9.17) is 17.3 Å². The molecule has 0 unspecified atom stereocenters. The Morgan fingerprint density at radius 1 is 1.57 bits per heavy atom. The summed E-state index contributed by atoms with van der Waals surface area (Å²) in [6.45, 7) is 1.93. The fraction of sp³-hybridized carbons (Fsp3) is 0.300. The Morgan fingerprint density at radius 2 is 2.21 bits per heavy atom. The number of hydrogen-bond acceptors (Lipinski definition) is 3. The summed E-state index contributed by atoms with van der Waals surface area (Å²) < 4.78 is 4.64. The van der Waals surface area contributed by atoms with Crippen molar-refractivity contribution in [2.24, 2.45) is 0 Å². The van der Waals surface area contributed by atoms with Crippen LogP contribution in [-0.4, -0.2) is 13.1 Å². The molecule has 0 heterocycles. The molecule has 2 N–H and O–H groups in total. The van der Waals surface area contributed by atoms with Crippen LogP contribution in [0.3, 0.4) is 0 Å². The van der Waals surface area contributed by atoms with Crippen molar-refractivity contribution < 1.29 is 9.53 Å². The zero-order valence-electron chi connectivity index (χ0n) is 8.13. The molecule has 0 aromatic heterocycles. The Hall–Kier alpha value is -1.22. The van der Waals surface area contributed by atoms with Gasteiger partial charge in [-0.25, -0.2) is 4.79 Å². The maximum atomic E-state index is 11.4. The molecule has 0 radical (unpaired) electrons. The minimum Gasteiger partial charge on any atom is -0.465 e. The van der Waals surface area contributed by atoms with E-state index in [0.717, 1.165) is 5.56 Å². The van der Waals surface area contributed by atoms with Gasteiger partial charge in [-0.1, -0.05) is 18.5 Å². The smallest absolute Gasteiger partial charge is 0.340 e. The van der Waals surface area contributed by atoms with Gasteiger partial charge in [-0.2, -0.15) is 0 Å². The van der Waals surface area contributed by atoms with Crippen molar-refractivity contribution >= 4 is 23.3 Å². The van der Waals surface area contributed by atoms with Crippen molar-refractivity contribution in [1.29, 1.82) is 0 Å². The van der Waals surface area contributed by atoms with Crippen LogP contribution in [0.4, 0.5) is 5.69 Å². The molecule has 14 heavy (non-hydrogen) atoms. The highest BCUT2D eigenvalue weighted by molar-refractivity contribution is 6.31. The van der Waals surface area contributed by atoms with E-state index < -0.39 is 5.97 Å². The largest absolute Gasteiger partial charge is 0.465 e. The molecule has 1 rings (SSSR count). The number of hydrogen-bond donors (Lipinski definition) is 1. The molecule has 76 valence electrons. The second kappa shape index (κ2) is 4.33. The monoisotopic (exact) mass is 213 g/mol. The molecule has 0 spiro atoms. The molecule has 0 saturated heterocycles. The maximum Gasteiger partial charge on any atom is 0.340 e. The minimum atomic E-state index is -0.420. The van der Waals surface area contributed by atoms with Crippen LogP contribution in [0.2, 0.25) is 5.02 Å². The highest BCUT2D eigenvalue weighted by atomic mass is 35.5. The Labute approximate surface area is 87.8 Å². The Morgan fingerprint density at radius 3 is 2.71 bits per heavy atom. The van der Waals surface area contributed by atoms with Gasteiger partial charge in [0.2, 0.25) is 0 Å². The summed E-state index contributed by atoms with van der Waals surface area (Å²) in [4.78, 5) is 11.4. The van der Waals surface area contributed by atoms with E-state index in [2.05, 4.69) is 4.74 Å². The molecular formula is C10H12ClNO2. The van der Waals surface area contributed by atoms with Gasteiger partial charge in [-0.3, -0.25) is 0 Å². The van der Waals surface area contributed by atoms with Crippen molar-refractivity contribution in [2.45, 2.75) is 13.3 Å². The third kappa shape index (κ3) is 1.99. The third-order valence-corrected chi connectivity index (χ3v) is 2.20. The first kappa shape index (κ1) is 10.9. The fourth-order valence-corrected chi connectivity index (χ4v) is 1.57. The number of rotatable bonds is 2. The number of anilines is 1. The average molecular weight is 214 g/mol. The van der Waals surface area contributed by atoms with Crippen molar-refractivity contribution in [3.8, 4) is 0 Å². The Bertz CT molecular complexity index is 363. The van der Waals surface area contributed by atoms with E-state index in [-0.39, 0.29) is 0 Å². The predicted molar refractivity (Wildman–Crippen MR) is 56.6 cm³/mol. The molecule has 0 atom stereocenters. The molecular weight excluding hydrogens is 202 g/mol. The van der Waals surface area contributed by atoms with Gasteiger partial charge >= 0.3 is 5.97 Å². The van der Waals surface area contributed by atoms with Gasteiger partial charge in [0, 0.05) is 10.7 Å². The molecule has 0 amide bonds. The summed E-state index contributed by atoms with van der Waals surface area (Å²) in [5.41, 5.74) is 7.27. The summed E-state index contributed by atoms with van der Waals surface area (Å²) in [5.74, 6) is -0.420. The molecule has 3 nitrogen and oxygen atoms in total. The fourth-order valence-electron chi connectivity index (χ4n) is 1.32. The molecule has 0 aliphatic heterocycles. The second-order valence-electron chi connectivity index (χ2n) is 2.87. The van der Waals surface area contributed by atoms with Gasteiger partial charge in [0.05, 0.1) is 12.7 Å². The zero-order chi connectivity index (χ0) is 10.7. The SMILES string of the molecule is CCc1cc(Cl)cc(N)c1C(=O)OC. The number of ether oxygens (including phenoxy) is 1. The highest BCUT2D eigenvalue weighted by Crippen LogP contribution is 2.24. The summed E-state index contributed by atoms with van der Waals surface area (Å²) in [7, 11) is 1.33. The third-order valence-electron chi connectivity index (χ3n) is 1.99. The molecule has 0 aliphatic rings. The normalized spacial score (nSPS) is 9.93. The van der Waals surface area contributed by atoms with Crippen LogP contribution >= 0.6 is 11.6 Å². The van der Waals surface area contributed by atoms with E-state index in [1.807, 2.05) is 6.92 Å². The van der Waals surface area contributed by atoms with E-state index in [1.54, 1.807) is 12.1 Å². The quantitative estimate of drug-likeness (QED) is 0.606. The number of halogens is 1. The molecule has 0 saturated carbocycles. The first-order chi connectivity index (χ1) is 6.60. The van der Waals surface area contributed by atoms with Gasteiger partial charge in [-0.15, -0.1) is 0 Å². The standard InChI is InChI=1S/C10H12ClNO2/c1-3-6-4-7(11)5-8(12)9(6)10(13)14-2/h4-5H,3,12H2,1-2H3. The minimum absolute atomic E-state index is 0.362. The molecule has 0 fully saturated rings. The average Bonchev–Trinajstić information content (AvgIpc) is 2.15.